The van der Waals surface area contributed by atoms with Gasteiger partial charge in [-0.05, 0) is 57.8 Å². The lowest BCUT2D eigenvalue weighted by atomic mass is 9.96. The number of hydrogen-bond donors (Lipinski definition) is 3. The highest BCUT2D eigenvalue weighted by Crippen LogP contribution is 2.30. The Hall–Kier alpha value is -1.00. The fraction of sp³-hybridized carbons (Fsp3) is 0.650. The summed E-state index contributed by atoms with van der Waals surface area (Å²) in [7, 11) is -1.04. The molecule has 146 valence electrons. The Morgan fingerprint density at radius 1 is 1.23 bits per heavy atom. The Morgan fingerprint density at radius 2 is 1.85 bits per heavy atom. The largest absolute Gasteiger partial charge is 0.359 e. The maximum absolute atomic E-state index is 12.4. The molecule has 6 heteroatoms. The molecular weight excluding hydrogens is 345 g/mol. The molecule has 1 fully saturated rings. The van der Waals surface area contributed by atoms with E-state index in [2.05, 4.69) is 21.4 Å². The average molecular weight is 379 g/mol. The molecule has 0 spiro atoms. The van der Waals surface area contributed by atoms with Crippen molar-refractivity contribution in [2.45, 2.75) is 46.2 Å². The lowest BCUT2D eigenvalue weighted by Gasteiger charge is -2.32. The molecule has 0 bridgehead atoms. The van der Waals surface area contributed by atoms with E-state index < -0.39 is 8.30 Å². The van der Waals surface area contributed by atoms with Crippen LogP contribution in [0.2, 0.25) is 0 Å². The maximum Gasteiger partial charge on any atom is 0.251 e. The minimum absolute atomic E-state index is 0.0356. The molecule has 1 aromatic rings. The normalized spacial score (nSPS) is 17.5. The zero-order valence-electron chi connectivity index (χ0n) is 16.6. The summed E-state index contributed by atoms with van der Waals surface area (Å²) in [4.78, 5) is 24.7. The van der Waals surface area contributed by atoms with Gasteiger partial charge in [0.1, 0.15) is 8.30 Å². The molecule has 1 saturated heterocycles. The van der Waals surface area contributed by atoms with Gasteiger partial charge in [0.15, 0.2) is 0 Å². The predicted octanol–water partition coefficient (Wildman–Crippen LogP) is 3.05. The third-order valence-electron chi connectivity index (χ3n) is 4.93. The van der Waals surface area contributed by atoms with Crippen molar-refractivity contribution >= 4 is 14.2 Å². The fourth-order valence-corrected chi connectivity index (χ4v) is 4.06. The number of rotatable bonds is 8. The van der Waals surface area contributed by atoms with E-state index in [1.54, 1.807) is 0 Å². The van der Waals surface area contributed by atoms with E-state index in [9.17, 15) is 9.69 Å². The van der Waals surface area contributed by atoms with Crippen molar-refractivity contribution < 1.29 is 9.69 Å². The zero-order chi connectivity index (χ0) is 19.1. The summed E-state index contributed by atoms with van der Waals surface area (Å²) in [6, 6.07) is 5.98. The van der Waals surface area contributed by atoms with Crippen LogP contribution < -0.4 is 10.4 Å². The molecule has 1 aromatic carbocycles. The van der Waals surface area contributed by atoms with E-state index >= 15 is 0 Å². The van der Waals surface area contributed by atoms with Crippen molar-refractivity contribution in [3.63, 3.8) is 0 Å². The van der Waals surface area contributed by atoms with Gasteiger partial charge in [-0.25, -0.2) is 0 Å². The molecule has 0 saturated carbocycles. The van der Waals surface area contributed by atoms with Gasteiger partial charge in [-0.2, -0.15) is 0 Å². The SMILES string of the molecule is Cc1cc(C)cc(C(=O)NCC2CCN(CCNP(O)C(C)C)CC2)c1. The Balaban J connectivity index is 1.66. The van der Waals surface area contributed by atoms with Crippen molar-refractivity contribution in [3.05, 3.63) is 34.9 Å². The van der Waals surface area contributed by atoms with Gasteiger partial charge < -0.3 is 15.1 Å². The molecule has 1 aliphatic heterocycles. The van der Waals surface area contributed by atoms with Crippen LogP contribution in [0.15, 0.2) is 18.2 Å². The van der Waals surface area contributed by atoms with Crippen LogP contribution >= 0.6 is 8.30 Å². The molecule has 1 aliphatic rings. The second-order valence-corrected chi connectivity index (χ2v) is 9.76. The first-order valence-electron chi connectivity index (χ1n) is 9.65. The van der Waals surface area contributed by atoms with Gasteiger partial charge in [0.2, 0.25) is 0 Å². The summed E-state index contributed by atoms with van der Waals surface area (Å²) in [5.74, 6) is 0.591. The van der Waals surface area contributed by atoms with E-state index in [1.165, 1.54) is 0 Å². The van der Waals surface area contributed by atoms with Crippen molar-refractivity contribution in [2.75, 3.05) is 32.7 Å². The predicted molar refractivity (Wildman–Crippen MR) is 110 cm³/mol. The van der Waals surface area contributed by atoms with Gasteiger partial charge in [-0.15, -0.1) is 0 Å². The van der Waals surface area contributed by atoms with E-state index in [0.717, 1.165) is 62.3 Å². The Labute approximate surface area is 159 Å². The quantitative estimate of drug-likeness (QED) is 0.608. The smallest absolute Gasteiger partial charge is 0.251 e. The molecule has 0 aliphatic carbocycles. The zero-order valence-corrected chi connectivity index (χ0v) is 17.5. The monoisotopic (exact) mass is 379 g/mol. The van der Waals surface area contributed by atoms with Crippen molar-refractivity contribution in [3.8, 4) is 0 Å². The van der Waals surface area contributed by atoms with Gasteiger partial charge in [0.05, 0.1) is 0 Å². The number of hydrogen-bond acceptors (Lipinski definition) is 4. The van der Waals surface area contributed by atoms with E-state index in [0.29, 0.717) is 11.6 Å². The minimum Gasteiger partial charge on any atom is -0.359 e. The number of nitrogens with one attached hydrogen (secondary N) is 2. The van der Waals surface area contributed by atoms with Gasteiger partial charge >= 0.3 is 0 Å². The standard InChI is InChI=1S/C20H34N3O2P/c1-15(2)26(25)22-7-10-23-8-5-18(6-9-23)14-21-20(24)19-12-16(3)11-17(4)13-19/h11-13,15,18,22,25H,5-10,14H2,1-4H3,(H,21,24). The molecule has 1 atom stereocenters. The van der Waals surface area contributed by atoms with Crippen molar-refractivity contribution in [2.24, 2.45) is 5.92 Å². The lowest BCUT2D eigenvalue weighted by molar-refractivity contribution is 0.0936. The minimum atomic E-state index is -1.04. The van der Waals surface area contributed by atoms with Gasteiger partial charge in [-0.3, -0.25) is 9.88 Å². The molecule has 3 N–H and O–H groups in total. The first-order chi connectivity index (χ1) is 12.3. The highest BCUT2D eigenvalue weighted by atomic mass is 31.2. The van der Waals surface area contributed by atoms with E-state index in [4.69, 9.17) is 0 Å². The molecule has 5 nitrogen and oxygen atoms in total. The molecule has 2 rings (SSSR count). The van der Waals surface area contributed by atoms with Crippen LogP contribution in [0.5, 0.6) is 0 Å². The second-order valence-electron chi connectivity index (χ2n) is 7.72. The molecule has 0 aromatic heterocycles. The summed E-state index contributed by atoms with van der Waals surface area (Å²) in [5, 5.41) is 6.34. The average Bonchev–Trinajstić information content (AvgIpc) is 2.59. The molecular formula is C20H34N3O2P. The number of benzene rings is 1. The Bertz CT molecular complexity index is 566. The van der Waals surface area contributed by atoms with Crippen molar-refractivity contribution in [1.29, 1.82) is 0 Å². The number of carbonyl (C=O) groups excluding carboxylic acids is 1. The number of piperidine rings is 1. The molecule has 0 radical (unpaired) electrons. The number of likely N-dealkylation sites (tertiary alicyclic amines) is 1. The second kappa shape index (κ2) is 10.4. The molecule has 1 amide bonds. The highest BCUT2D eigenvalue weighted by Gasteiger charge is 2.20. The lowest BCUT2D eigenvalue weighted by Crippen LogP contribution is -2.40. The van der Waals surface area contributed by atoms with Crippen LogP contribution in [0, 0.1) is 19.8 Å². The van der Waals surface area contributed by atoms with Crippen LogP contribution in [0.1, 0.15) is 48.2 Å². The van der Waals surface area contributed by atoms with Crippen LogP contribution in [-0.4, -0.2) is 54.1 Å². The molecule has 1 unspecified atom stereocenters. The van der Waals surface area contributed by atoms with Crippen molar-refractivity contribution in [1.82, 2.24) is 15.3 Å². The number of aryl methyl sites for hydroxylation is 2. The van der Waals surface area contributed by atoms with Gasteiger partial charge in [-0.1, -0.05) is 31.0 Å². The summed E-state index contributed by atoms with van der Waals surface area (Å²) >= 11 is 0. The van der Waals surface area contributed by atoms with E-state index in [1.807, 2.05) is 39.8 Å². The number of carbonyl (C=O) groups is 1. The Kier molecular flexibility index (Phi) is 8.49. The summed E-state index contributed by atoms with van der Waals surface area (Å²) < 4.78 is 0. The summed E-state index contributed by atoms with van der Waals surface area (Å²) in [6.45, 7) is 12.8. The number of nitrogens with zero attached hydrogens (tertiary/aromatic N) is 1. The fourth-order valence-electron chi connectivity index (χ4n) is 3.36. The maximum atomic E-state index is 12.4. The van der Waals surface area contributed by atoms with E-state index in [-0.39, 0.29) is 5.91 Å². The summed E-state index contributed by atoms with van der Waals surface area (Å²) in [5.41, 5.74) is 3.32. The van der Waals surface area contributed by atoms with Crippen LogP contribution in [0.25, 0.3) is 0 Å². The van der Waals surface area contributed by atoms with Gasteiger partial charge in [0.25, 0.3) is 5.91 Å². The van der Waals surface area contributed by atoms with Crippen LogP contribution in [0.4, 0.5) is 0 Å². The topological polar surface area (TPSA) is 64.6 Å². The first-order valence-corrected chi connectivity index (χ1v) is 11.0. The summed E-state index contributed by atoms with van der Waals surface area (Å²) in [6.07, 6.45) is 2.23. The van der Waals surface area contributed by atoms with Crippen LogP contribution in [-0.2, 0) is 0 Å². The Morgan fingerprint density at radius 3 is 2.42 bits per heavy atom. The number of amides is 1. The van der Waals surface area contributed by atoms with Gasteiger partial charge in [0, 0.05) is 30.9 Å². The highest BCUT2D eigenvalue weighted by molar-refractivity contribution is 7.50. The van der Waals surface area contributed by atoms with Crippen LogP contribution in [0.3, 0.4) is 0 Å². The molecule has 26 heavy (non-hydrogen) atoms. The third-order valence-corrected chi connectivity index (χ3v) is 6.46. The first kappa shape index (κ1) is 21.3. The third kappa shape index (κ3) is 6.96. The molecule has 1 heterocycles.